The molecule has 0 bridgehead atoms. The lowest BCUT2D eigenvalue weighted by molar-refractivity contribution is 0.0963. The van der Waals surface area contributed by atoms with Gasteiger partial charge in [0.05, 0.1) is 0 Å². The molecule has 158 valence electrons. The number of nitrogens with zero attached hydrogens (tertiary/aromatic N) is 1. The van der Waals surface area contributed by atoms with Gasteiger partial charge in [-0.2, -0.15) is 0 Å². The fraction of sp³-hybridized carbons (Fsp3) is 0.364. The Morgan fingerprint density at radius 3 is 2.48 bits per heavy atom. The number of hydrogen-bond acceptors (Lipinski definition) is 2. The van der Waals surface area contributed by atoms with Crippen molar-refractivity contribution in [2.75, 3.05) is 27.2 Å². The number of rotatable bonds is 7. The van der Waals surface area contributed by atoms with Crippen molar-refractivity contribution >= 4 is 51.8 Å². The number of halogens is 2. The highest BCUT2D eigenvalue weighted by molar-refractivity contribution is 14.0. The average molecular weight is 573 g/mol. The number of benzene rings is 2. The number of hydrogen-bond donors (Lipinski definition) is 3. The van der Waals surface area contributed by atoms with Crippen molar-refractivity contribution in [3.05, 3.63) is 69.7 Å². The molecule has 0 saturated carbocycles. The number of carbonyl (C=O) groups excluding carboxylic acids is 1. The van der Waals surface area contributed by atoms with Gasteiger partial charge in [0.15, 0.2) is 5.96 Å². The van der Waals surface area contributed by atoms with Crippen molar-refractivity contribution in [2.24, 2.45) is 4.99 Å². The molecule has 0 heterocycles. The Labute approximate surface area is 199 Å². The molecule has 2 aromatic rings. The van der Waals surface area contributed by atoms with Crippen molar-refractivity contribution in [3.63, 3.8) is 0 Å². The second-order valence-corrected chi connectivity index (χ2v) is 8.10. The van der Waals surface area contributed by atoms with Crippen LogP contribution in [0.15, 0.2) is 58.0 Å². The zero-order valence-electron chi connectivity index (χ0n) is 17.4. The molecule has 0 aliphatic carbocycles. The topological polar surface area (TPSA) is 65.5 Å². The van der Waals surface area contributed by atoms with Crippen molar-refractivity contribution in [3.8, 4) is 0 Å². The number of amides is 1. The normalized spacial score (nSPS) is 11.4. The summed E-state index contributed by atoms with van der Waals surface area (Å²) in [6.45, 7) is 5.89. The van der Waals surface area contributed by atoms with E-state index in [4.69, 9.17) is 0 Å². The molecule has 0 saturated heterocycles. The molecule has 0 spiro atoms. The lowest BCUT2D eigenvalue weighted by Gasteiger charge is -2.27. The zero-order valence-corrected chi connectivity index (χ0v) is 21.3. The first-order valence-corrected chi connectivity index (χ1v) is 10.2. The van der Waals surface area contributed by atoms with E-state index in [0.29, 0.717) is 5.56 Å². The summed E-state index contributed by atoms with van der Waals surface area (Å²) >= 11 is 3.64. The van der Waals surface area contributed by atoms with E-state index >= 15 is 0 Å². The highest BCUT2D eigenvalue weighted by Gasteiger charge is 2.23. The van der Waals surface area contributed by atoms with Crippen LogP contribution in [0.5, 0.6) is 0 Å². The molecule has 2 rings (SSSR count). The van der Waals surface area contributed by atoms with Gasteiger partial charge in [-0.3, -0.25) is 9.79 Å². The number of nitrogens with one attached hydrogen (secondary N) is 3. The van der Waals surface area contributed by atoms with Crippen LogP contribution in [0.3, 0.4) is 0 Å². The summed E-state index contributed by atoms with van der Waals surface area (Å²) in [5.41, 5.74) is 2.98. The number of guanidine groups is 1. The summed E-state index contributed by atoms with van der Waals surface area (Å²) in [6, 6.07) is 16.0. The zero-order chi connectivity index (χ0) is 20.6. The van der Waals surface area contributed by atoms with E-state index in [1.54, 1.807) is 14.1 Å². The molecule has 0 radical (unpaired) electrons. The van der Waals surface area contributed by atoms with Gasteiger partial charge in [-0.1, -0.05) is 60.1 Å². The Balaban J connectivity index is 0.00000420. The van der Waals surface area contributed by atoms with Gasteiger partial charge >= 0.3 is 0 Å². The highest BCUT2D eigenvalue weighted by atomic mass is 127. The molecule has 0 fully saturated rings. The standard InChI is InChI=1S/C22H29BrN4O.HI/c1-22(2,18-10-5-6-11-19(18)23)15-27-21(25-4)26-13-12-16-8-7-9-17(14-16)20(28)24-3;/h5-11,14H,12-13,15H2,1-4H3,(H,24,28)(H2,25,26,27);1H. The lowest BCUT2D eigenvalue weighted by Crippen LogP contribution is -2.44. The van der Waals surface area contributed by atoms with Crippen LogP contribution in [-0.4, -0.2) is 39.1 Å². The maximum absolute atomic E-state index is 11.8. The molecular weight excluding hydrogens is 543 g/mol. The summed E-state index contributed by atoms with van der Waals surface area (Å²) in [6.07, 6.45) is 0.805. The molecule has 7 heteroatoms. The van der Waals surface area contributed by atoms with E-state index in [1.807, 2.05) is 30.3 Å². The third-order valence-corrected chi connectivity index (χ3v) is 5.34. The Bertz CT molecular complexity index is 839. The van der Waals surface area contributed by atoms with Crippen LogP contribution in [0.4, 0.5) is 0 Å². The average Bonchev–Trinajstić information content (AvgIpc) is 2.70. The maximum atomic E-state index is 11.8. The van der Waals surface area contributed by atoms with Crippen LogP contribution in [-0.2, 0) is 11.8 Å². The van der Waals surface area contributed by atoms with Crippen molar-refractivity contribution in [1.29, 1.82) is 0 Å². The predicted molar refractivity (Wildman–Crippen MR) is 135 cm³/mol. The van der Waals surface area contributed by atoms with E-state index < -0.39 is 0 Å². The summed E-state index contributed by atoms with van der Waals surface area (Å²) < 4.78 is 1.11. The van der Waals surface area contributed by atoms with Gasteiger partial charge in [-0.05, 0) is 35.7 Å². The summed E-state index contributed by atoms with van der Waals surface area (Å²) in [5, 5.41) is 9.41. The van der Waals surface area contributed by atoms with E-state index in [-0.39, 0.29) is 35.3 Å². The van der Waals surface area contributed by atoms with Crippen LogP contribution in [0.1, 0.15) is 35.3 Å². The molecule has 29 heavy (non-hydrogen) atoms. The fourth-order valence-corrected chi connectivity index (χ4v) is 3.79. The van der Waals surface area contributed by atoms with E-state index in [2.05, 4.69) is 68.9 Å². The molecule has 0 aliphatic rings. The van der Waals surface area contributed by atoms with Gasteiger partial charge in [-0.25, -0.2) is 0 Å². The van der Waals surface area contributed by atoms with Gasteiger partial charge in [0, 0.05) is 42.6 Å². The van der Waals surface area contributed by atoms with Crippen LogP contribution in [0, 0.1) is 0 Å². The third kappa shape index (κ3) is 7.62. The number of carbonyl (C=O) groups is 1. The molecule has 0 aromatic heterocycles. The largest absolute Gasteiger partial charge is 0.356 e. The second kappa shape index (κ2) is 12.2. The highest BCUT2D eigenvalue weighted by Crippen LogP contribution is 2.29. The Morgan fingerprint density at radius 2 is 1.83 bits per heavy atom. The third-order valence-electron chi connectivity index (χ3n) is 4.65. The van der Waals surface area contributed by atoms with Gasteiger partial charge < -0.3 is 16.0 Å². The van der Waals surface area contributed by atoms with Crippen LogP contribution >= 0.6 is 39.9 Å². The molecule has 1 amide bonds. The second-order valence-electron chi connectivity index (χ2n) is 7.25. The number of aliphatic imine (C=N–C) groups is 1. The fourth-order valence-electron chi connectivity index (χ4n) is 2.97. The van der Waals surface area contributed by atoms with Crippen LogP contribution in [0.2, 0.25) is 0 Å². The maximum Gasteiger partial charge on any atom is 0.251 e. The van der Waals surface area contributed by atoms with Crippen LogP contribution in [0.25, 0.3) is 0 Å². The summed E-state index contributed by atoms with van der Waals surface area (Å²) in [7, 11) is 3.41. The first-order chi connectivity index (χ1) is 13.4. The minimum atomic E-state index is -0.0680. The molecule has 0 aliphatic heterocycles. The minimum absolute atomic E-state index is 0. The predicted octanol–water partition coefficient (Wildman–Crippen LogP) is 4.11. The summed E-state index contributed by atoms with van der Waals surface area (Å²) in [4.78, 5) is 16.1. The minimum Gasteiger partial charge on any atom is -0.356 e. The molecule has 0 atom stereocenters. The monoisotopic (exact) mass is 572 g/mol. The van der Waals surface area contributed by atoms with Gasteiger partial charge in [0.1, 0.15) is 0 Å². The molecule has 2 aromatic carbocycles. The SMILES string of the molecule is CN=C(NCCc1cccc(C(=O)NC)c1)NCC(C)(C)c1ccccc1Br.I. The van der Waals surface area contributed by atoms with E-state index in [9.17, 15) is 4.79 Å². The first kappa shape index (κ1) is 25.4. The molecule has 5 nitrogen and oxygen atoms in total. The summed E-state index contributed by atoms with van der Waals surface area (Å²) in [5.74, 6) is 0.698. The Kier molecular flexibility index (Phi) is 10.7. The van der Waals surface area contributed by atoms with E-state index in [1.165, 1.54) is 5.56 Å². The molecule has 0 unspecified atom stereocenters. The quantitative estimate of drug-likeness (QED) is 0.266. The molecule has 3 N–H and O–H groups in total. The van der Waals surface area contributed by atoms with Gasteiger partial charge in [0.25, 0.3) is 5.91 Å². The first-order valence-electron chi connectivity index (χ1n) is 9.38. The van der Waals surface area contributed by atoms with E-state index in [0.717, 1.165) is 35.5 Å². The smallest absolute Gasteiger partial charge is 0.251 e. The van der Waals surface area contributed by atoms with Crippen molar-refractivity contribution in [1.82, 2.24) is 16.0 Å². The van der Waals surface area contributed by atoms with Gasteiger partial charge in [0.2, 0.25) is 0 Å². The van der Waals surface area contributed by atoms with Crippen molar-refractivity contribution in [2.45, 2.75) is 25.7 Å². The Morgan fingerprint density at radius 1 is 1.10 bits per heavy atom. The van der Waals surface area contributed by atoms with Crippen LogP contribution < -0.4 is 16.0 Å². The van der Waals surface area contributed by atoms with Crippen molar-refractivity contribution < 1.29 is 4.79 Å². The lowest BCUT2D eigenvalue weighted by atomic mass is 9.84. The Hall–Kier alpha value is -1.61. The molecular formula is C22H30BrIN4O. The van der Waals surface area contributed by atoms with Gasteiger partial charge in [-0.15, -0.1) is 24.0 Å².